The van der Waals surface area contributed by atoms with E-state index in [1.807, 2.05) is 13.8 Å². The predicted molar refractivity (Wildman–Crippen MR) is 95.6 cm³/mol. The zero-order valence-corrected chi connectivity index (χ0v) is 16.4. The molecule has 1 aliphatic carbocycles. The van der Waals surface area contributed by atoms with E-state index in [1.165, 1.54) is 4.90 Å². The summed E-state index contributed by atoms with van der Waals surface area (Å²) < 4.78 is 5.24. The summed E-state index contributed by atoms with van der Waals surface area (Å²) in [7, 11) is 0. The van der Waals surface area contributed by atoms with Crippen LogP contribution in [0.4, 0.5) is 0 Å². The van der Waals surface area contributed by atoms with Crippen LogP contribution in [0.15, 0.2) is 0 Å². The highest BCUT2D eigenvalue weighted by Gasteiger charge is 2.70. The van der Waals surface area contributed by atoms with Gasteiger partial charge in [-0.15, -0.1) is 0 Å². The summed E-state index contributed by atoms with van der Waals surface area (Å²) >= 11 is 0. The largest absolute Gasteiger partial charge is 0.480 e. The summed E-state index contributed by atoms with van der Waals surface area (Å²) in [5, 5.41) is 22.3. The number of fused-ring (bicyclic) bond motifs is 1. The molecule has 3 N–H and O–H groups in total. The molecule has 8 heteroatoms. The van der Waals surface area contributed by atoms with Gasteiger partial charge < -0.3 is 25.2 Å². The quantitative estimate of drug-likeness (QED) is 0.600. The zero-order chi connectivity index (χ0) is 20.1. The molecule has 0 aromatic heterocycles. The molecule has 0 aromatic carbocycles. The average Bonchev–Trinajstić information content (AvgIpc) is 3.08. The third-order valence-electron chi connectivity index (χ3n) is 6.77. The molecule has 2 aliphatic heterocycles. The summed E-state index contributed by atoms with van der Waals surface area (Å²) in [6.45, 7) is 8.31. The molecule has 0 aromatic rings. The van der Waals surface area contributed by atoms with Gasteiger partial charge in [-0.2, -0.15) is 0 Å². The van der Waals surface area contributed by atoms with Crippen molar-refractivity contribution in [1.82, 2.24) is 10.2 Å². The van der Waals surface area contributed by atoms with Gasteiger partial charge in [0.1, 0.15) is 12.1 Å². The molecule has 3 fully saturated rings. The van der Waals surface area contributed by atoms with Crippen molar-refractivity contribution in [2.75, 3.05) is 26.4 Å². The topological polar surface area (TPSA) is 116 Å². The Morgan fingerprint density at radius 3 is 2.52 bits per heavy atom. The summed E-state index contributed by atoms with van der Waals surface area (Å²) in [6.07, 6.45) is 0.589. The SMILES string of the molecule is CC(C)(CO)C(NC(=O)[C@@H]1CCOC1)C(=O)N1C[C@H]2[C@@H]([C@H]1C(=O)O)C2(C)C. The molecule has 8 nitrogen and oxygen atoms in total. The number of nitrogens with zero attached hydrogens (tertiary/aromatic N) is 1. The molecule has 1 saturated carbocycles. The highest BCUT2D eigenvalue weighted by atomic mass is 16.5. The van der Waals surface area contributed by atoms with Crippen LogP contribution in [0.1, 0.15) is 34.1 Å². The molecule has 2 saturated heterocycles. The number of carbonyl (C=O) groups excluding carboxylic acids is 2. The normalized spacial score (nSPS) is 32.7. The van der Waals surface area contributed by atoms with Crippen LogP contribution in [0.25, 0.3) is 0 Å². The lowest BCUT2D eigenvalue weighted by Gasteiger charge is -2.38. The number of nitrogens with one attached hydrogen (secondary N) is 1. The van der Waals surface area contributed by atoms with Crippen LogP contribution in [-0.4, -0.2) is 71.3 Å². The molecular formula is C19H30N2O6. The van der Waals surface area contributed by atoms with Crippen molar-refractivity contribution in [3.63, 3.8) is 0 Å². The second-order valence-corrected chi connectivity index (χ2v) is 9.38. The van der Waals surface area contributed by atoms with E-state index in [2.05, 4.69) is 5.32 Å². The minimum absolute atomic E-state index is 0.0734. The number of carboxylic acids is 1. The predicted octanol–water partition coefficient (Wildman–Crippen LogP) is 0.0938. The van der Waals surface area contributed by atoms with E-state index < -0.39 is 29.4 Å². The number of rotatable bonds is 6. The summed E-state index contributed by atoms with van der Waals surface area (Å²) in [6, 6.07) is -1.88. The van der Waals surface area contributed by atoms with Gasteiger partial charge in [0.2, 0.25) is 11.8 Å². The van der Waals surface area contributed by atoms with Crippen LogP contribution in [0.3, 0.4) is 0 Å². The van der Waals surface area contributed by atoms with Crippen LogP contribution in [-0.2, 0) is 19.1 Å². The van der Waals surface area contributed by atoms with E-state index in [0.29, 0.717) is 26.2 Å². The van der Waals surface area contributed by atoms with Crippen LogP contribution in [0, 0.1) is 28.6 Å². The van der Waals surface area contributed by atoms with Crippen molar-refractivity contribution >= 4 is 17.8 Å². The number of carbonyl (C=O) groups is 3. The van der Waals surface area contributed by atoms with Crippen molar-refractivity contribution in [1.29, 1.82) is 0 Å². The van der Waals surface area contributed by atoms with E-state index in [4.69, 9.17) is 4.74 Å². The fourth-order valence-electron chi connectivity index (χ4n) is 4.65. The number of likely N-dealkylation sites (tertiary alicyclic amines) is 1. The fourth-order valence-corrected chi connectivity index (χ4v) is 4.65. The summed E-state index contributed by atoms with van der Waals surface area (Å²) in [5.74, 6) is -1.98. The lowest BCUT2D eigenvalue weighted by atomic mass is 9.83. The lowest BCUT2D eigenvalue weighted by Crippen LogP contribution is -2.60. The number of piperidine rings is 1. The van der Waals surface area contributed by atoms with Gasteiger partial charge >= 0.3 is 5.97 Å². The van der Waals surface area contributed by atoms with Crippen LogP contribution < -0.4 is 5.32 Å². The lowest BCUT2D eigenvalue weighted by molar-refractivity contribution is -0.153. The van der Waals surface area contributed by atoms with Gasteiger partial charge in [0.15, 0.2) is 0 Å². The van der Waals surface area contributed by atoms with E-state index in [9.17, 15) is 24.6 Å². The van der Waals surface area contributed by atoms with E-state index in [0.717, 1.165) is 0 Å². The number of aliphatic carboxylic acids is 1. The van der Waals surface area contributed by atoms with Crippen molar-refractivity contribution in [3.05, 3.63) is 0 Å². The number of amides is 2. The van der Waals surface area contributed by atoms with E-state index in [1.54, 1.807) is 13.8 Å². The number of hydrogen-bond acceptors (Lipinski definition) is 5. The Hall–Kier alpha value is -1.67. The third kappa shape index (κ3) is 3.33. The molecule has 5 atom stereocenters. The average molecular weight is 382 g/mol. The van der Waals surface area contributed by atoms with Crippen molar-refractivity contribution in [2.24, 2.45) is 28.6 Å². The first-order chi connectivity index (χ1) is 12.5. The Morgan fingerprint density at radius 2 is 2.00 bits per heavy atom. The molecule has 0 bridgehead atoms. The Labute approximate surface area is 159 Å². The maximum Gasteiger partial charge on any atom is 0.326 e. The minimum Gasteiger partial charge on any atom is -0.480 e. The van der Waals surface area contributed by atoms with Gasteiger partial charge in [-0.25, -0.2) is 4.79 Å². The summed E-state index contributed by atoms with van der Waals surface area (Å²) in [5.41, 5.74) is -1.01. The van der Waals surface area contributed by atoms with Crippen LogP contribution in [0.2, 0.25) is 0 Å². The Balaban J connectivity index is 1.81. The van der Waals surface area contributed by atoms with E-state index >= 15 is 0 Å². The number of aliphatic hydroxyl groups excluding tert-OH is 1. The van der Waals surface area contributed by atoms with Gasteiger partial charge in [-0.1, -0.05) is 27.7 Å². The fraction of sp³-hybridized carbons (Fsp3) is 0.842. The van der Waals surface area contributed by atoms with Crippen molar-refractivity contribution in [2.45, 2.75) is 46.2 Å². The van der Waals surface area contributed by atoms with Crippen LogP contribution in [0.5, 0.6) is 0 Å². The number of aliphatic hydroxyl groups is 1. The van der Waals surface area contributed by atoms with Gasteiger partial charge in [-0.05, 0) is 17.8 Å². The van der Waals surface area contributed by atoms with Gasteiger partial charge in [0.25, 0.3) is 0 Å². The molecule has 3 rings (SSSR count). The molecule has 0 spiro atoms. The maximum atomic E-state index is 13.3. The van der Waals surface area contributed by atoms with E-state index in [-0.39, 0.29) is 35.7 Å². The molecule has 3 aliphatic rings. The van der Waals surface area contributed by atoms with Gasteiger partial charge in [-0.3, -0.25) is 9.59 Å². The highest BCUT2D eigenvalue weighted by molar-refractivity contribution is 5.92. The Kier molecular flexibility index (Phi) is 5.01. The first-order valence-electron chi connectivity index (χ1n) is 9.54. The van der Waals surface area contributed by atoms with Gasteiger partial charge in [0, 0.05) is 24.5 Å². The summed E-state index contributed by atoms with van der Waals surface area (Å²) in [4.78, 5) is 39.1. The molecule has 2 heterocycles. The molecule has 0 radical (unpaired) electrons. The number of hydrogen-bond donors (Lipinski definition) is 3. The third-order valence-corrected chi connectivity index (χ3v) is 6.77. The zero-order valence-electron chi connectivity index (χ0n) is 16.4. The van der Waals surface area contributed by atoms with Crippen molar-refractivity contribution in [3.8, 4) is 0 Å². The Bertz CT molecular complexity index is 640. The maximum absolute atomic E-state index is 13.3. The molecule has 27 heavy (non-hydrogen) atoms. The van der Waals surface area contributed by atoms with Gasteiger partial charge in [0.05, 0.1) is 19.1 Å². The number of ether oxygens (including phenoxy) is 1. The highest BCUT2D eigenvalue weighted by Crippen LogP contribution is 2.65. The second kappa shape index (κ2) is 6.74. The van der Waals surface area contributed by atoms with Crippen molar-refractivity contribution < 1.29 is 29.3 Å². The smallest absolute Gasteiger partial charge is 0.326 e. The molecule has 152 valence electrons. The molecule has 1 unspecified atom stereocenters. The molecular weight excluding hydrogens is 352 g/mol. The molecule has 2 amide bonds. The monoisotopic (exact) mass is 382 g/mol. The first kappa shape index (κ1) is 20.1. The number of carboxylic acid groups (broad SMARTS) is 1. The minimum atomic E-state index is -1.02. The Morgan fingerprint density at radius 1 is 1.33 bits per heavy atom. The van der Waals surface area contributed by atoms with Crippen LogP contribution >= 0.6 is 0 Å². The first-order valence-corrected chi connectivity index (χ1v) is 9.54. The standard InChI is InChI=1S/C19H30N2O6/c1-18(2,9-22)14(20-15(23)10-5-6-27-8-10)16(24)21-7-11-12(19(11,3)4)13(21)17(25)26/h10-14,22H,5-9H2,1-4H3,(H,20,23)(H,25,26)/t10-,11+,12+,13+,14?/m1/s1. The second-order valence-electron chi connectivity index (χ2n) is 9.38.